The summed E-state index contributed by atoms with van der Waals surface area (Å²) in [5, 5.41) is 0. The van der Waals surface area contributed by atoms with E-state index >= 15 is 0 Å². The van der Waals surface area contributed by atoms with E-state index in [2.05, 4.69) is 9.47 Å². The summed E-state index contributed by atoms with van der Waals surface area (Å²) in [7, 11) is 0. The van der Waals surface area contributed by atoms with Gasteiger partial charge in [0.25, 0.3) is 0 Å². The molecule has 1 heterocycles. The number of hydrogen-bond acceptors (Lipinski definition) is 3. The molecule has 1 aliphatic rings. The lowest BCUT2D eigenvalue weighted by Gasteiger charge is -2.20. The summed E-state index contributed by atoms with van der Waals surface area (Å²) in [5.41, 5.74) is 0. The lowest BCUT2D eigenvalue weighted by Crippen LogP contribution is -2.32. The van der Waals surface area contributed by atoms with Crippen LogP contribution in [-0.2, 0) is 9.47 Å². The van der Waals surface area contributed by atoms with E-state index in [0.29, 0.717) is 0 Å². The van der Waals surface area contributed by atoms with Crippen molar-refractivity contribution in [2.45, 2.75) is 12.5 Å². The fraction of sp³-hybridized carbons (Fsp3) is 0.750. The highest BCUT2D eigenvalue weighted by Crippen LogP contribution is 2.24. The molecular formula is C4H4F2O3. The number of alkyl halides is 2. The number of carbonyl (C=O) groups excluding carboxylic acids is 1. The number of rotatable bonds is 0. The highest BCUT2D eigenvalue weighted by molar-refractivity contribution is 5.60. The zero-order valence-electron chi connectivity index (χ0n) is 4.39. The maximum absolute atomic E-state index is 11.9. The van der Waals surface area contributed by atoms with Crippen molar-refractivity contribution in [2.75, 3.05) is 6.61 Å². The molecule has 0 amide bonds. The van der Waals surface area contributed by atoms with Crippen LogP contribution >= 0.6 is 0 Å². The van der Waals surface area contributed by atoms with Gasteiger partial charge in [-0.2, -0.15) is 8.78 Å². The quantitative estimate of drug-likeness (QED) is 0.471. The molecule has 0 saturated carbocycles. The molecule has 0 spiro atoms. The minimum absolute atomic E-state index is 0.272. The first-order valence-electron chi connectivity index (χ1n) is 2.34. The molecule has 0 aromatic heterocycles. The van der Waals surface area contributed by atoms with Crippen LogP contribution in [0.4, 0.5) is 13.6 Å². The Morgan fingerprint density at radius 2 is 2.22 bits per heavy atom. The fourth-order valence-corrected chi connectivity index (χ4v) is 0.456. The number of carbonyl (C=O) groups is 1. The monoisotopic (exact) mass is 138 g/mol. The van der Waals surface area contributed by atoms with Gasteiger partial charge >= 0.3 is 12.3 Å². The molecule has 0 atom stereocenters. The average molecular weight is 138 g/mol. The number of hydrogen-bond donors (Lipinski definition) is 0. The van der Waals surface area contributed by atoms with Crippen molar-refractivity contribution in [3.05, 3.63) is 0 Å². The maximum atomic E-state index is 11.9. The Morgan fingerprint density at radius 1 is 1.56 bits per heavy atom. The van der Waals surface area contributed by atoms with Crippen molar-refractivity contribution in [2.24, 2.45) is 0 Å². The normalized spacial score (nSPS) is 24.4. The van der Waals surface area contributed by atoms with Crippen LogP contribution in [-0.4, -0.2) is 18.9 Å². The Bertz CT molecular complexity index is 134. The lowest BCUT2D eigenvalue weighted by molar-refractivity contribution is -0.241. The van der Waals surface area contributed by atoms with Crippen molar-refractivity contribution in [1.29, 1.82) is 0 Å². The Morgan fingerprint density at radius 3 is 2.56 bits per heavy atom. The first-order chi connectivity index (χ1) is 4.10. The van der Waals surface area contributed by atoms with Gasteiger partial charge in [0.2, 0.25) is 0 Å². The molecule has 5 heteroatoms. The van der Waals surface area contributed by atoms with E-state index in [1.54, 1.807) is 0 Å². The molecule has 0 aromatic rings. The maximum Gasteiger partial charge on any atom is 0.512 e. The first kappa shape index (κ1) is 6.25. The molecule has 1 saturated heterocycles. The van der Waals surface area contributed by atoms with Crippen LogP contribution in [0.3, 0.4) is 0 Å². The summed E-state index contributed by atoms with van der Waals surface area (Å²) in [6, 6.07) is 0. The molecule has 3 nitrogen and oxygen atoms in total. The highest BCUT2D eigenvalue weighted by Gasteiger charge is 2.38. The second kappa shape index (κ2) is 1.82. The molecule has 0 radical (unpaired) electrons. The Balaban J connectivity index is 2.51. The SMILES string of the molecule is O=C1OCCC(F)(F)O1. The van der Waals surface area contributed by atoms with Gasteiger partial charge in [-0.25, -0.2) is 4.79 Å². The molecule has 1 rings (SSSR count). The molecule has 52 valence electrons. The summed E-state index contributed by atoms with van der Waals surface area (Å²) in [6.45, 7) is -0.272. The summed E-state index contributed by atoms with van der Waals surface area (Å²) < 4.78 is 31.4. The van der Waals surface area contributed by atoms with E-state index < -0.39 is 18.7 Å². The summed E-state index contributed by atoms with van der Waals surface area (Å²) in [4.78, 5) is 9.95. The Hall–Kier alpha value is -0.870. The van der Waals surface area contributed by atoms with Crippen molar-refractivity contribution < 1.29 is 23.0 Å². The van der Waals surface area contributed by atoms with Crippen molar-refractivity contribution in [3.63, 3.8) is 0 Å². The zero-order valence-corrected chi connectivity index (χ0v) is 4.39. The first-order valence-corrected chi connectivity index (χ1v) is 2.34. The van der Waals surface area contributed by atoms with Gasteiger partial charge in [-0.15, -0.1) is 0 Å². The standard InChI is InChI=1S/C4H4F2O3/c5-4(6)1-2-8-3(7)9-4/h1-2H2. The second-order valence-corrected chi connectivity index (χ2v) is 1.59. The smallest absolute Gasteiger partial charge is 0.434 e. The summed E-state index contributed by atoms with van der Waals surface area (Å²) in [6.07, 6.45) is -5.18. The molecule has 1 fully saturated rings. The minimum atomic E-state index is -3.32. The fourth-order valence-electron chi connectivity index (χ4n) is 0.456. The predicted molar refractivity (Wildman–Crippen MR) is 22.0 cm³/mol. The third-order valence-electron chi connectivity index (χ3n) is 0.846. The largest absolute Gasteiger partial charge is 0.512 e. The lowest BCUT2D eigenvalue weighted by atomic mass is 10.4. The summed E-state index contributed by atoms with van der Waals surface area (Å²) >= 11 is 0. The van der Waals surface area contributed by atoms with Crippen LogP contribution in [0.5, 0.6) is 0 Å². The number of ether oxygens (including phenoxy) is 2. The molecule has 0 aromatic carbocycles. The third-order valence-corrected chi connectivity index (χ3v) is 0.846. The molecular weight excluding hydrogens is 134 g/mol. The second-order valence-electron chi connectivity index (χ2n) is 1.59. The van der Waals surface area contributed by atoms with E-state index in [4.69, 9.17) is 0 Å². The van der Waals surface area contributed by atoms with Crippen LogP contribution in [0.1, 0.15) is 6.42 Å². The van der Waals surface area contributed by atoms with E-state index in [1.807, 2.05) is 0 Å². The molecule has 1 aliphatic heterocycles. The van der Waals surface area contributed by atoms with Gasteiger partial charge in [-0.05, 0) is 0 Å². The topological polar surface area (TPSA) is 35.5 Å². The van der Waals surface area contributed by atoms with E-state index in [9.17, 15) is 13.6 Å². The average Bonchev–Trinajstić information content (AvgIpc) is 1.60. The van der Waals surface area contributed by atoms with Crippen LogP contribution in [0, 0.1) is 0 Å². The van der Waals surface area contributed by atoms with E-state index in [0.717, 1.165) is 0 Å². The summed E-state index contributed by atoms with van der Waals surface area (Å²) in [5.74, 6) is 0. The van der Waals surface area contributed by atoms with Gasteiger partial charge in [0.1, 0.15) is 6.61 Å². The Kier molecular flexibility index (Phi) is 1.27. The molecule has 0 unspecified atom stereocenters. The third kappa shape index (κ3) is 1.51. The van der Waals surface area contributed by atoms with Crippen molar-refractivity contribution in [1.82, 2.24) is 0 Å². The van der Waals surface area contributed by atoms with Gasteiger partial charge in [-0.1, -0.05) is 0 Å². The number of halogens is 2. The van der Waals surface area contributed by atoms with Gasteiger partial charge in [0.15, 0.2) is 0 Å². The van der Waals surface area contributed by atoms with Crippen molar-refractivity contribution >= 4 is 6.16 Å². The molecule has 0 bridgehead atoms. The minimum Gasteiger partial charge on any atom is -0.434 e. The van der Waals surface area contributed by atoms with Gasteiger partial charge in [-0.3, -0.25) is 0 Å². The highest BCUT2D eigenvalue weighted by atomic mass is 19.3. The van der Waals surface area contributed by atoms with E-state index in [1.165, 1.54) is 0 Å². The van der Waals surface area contributed by atoms with Gasteiger partial charge in [0.05, 0.1) is 6.42 Å². The van der Waals surface area contributed by atoms with E-state index in [-0.39, 0.29) is 6.61 Å². The van der Waals surface area contributed by atoms with Crippen LogP contribution in [0.25, 0.3) is 0 Å². The van der Waals surface area contributed by atoms with Crippen LogP contribution in [0.15, 0.2) is 0 Å². The molecule has 0 N–H and O–H groups in total. The Labute approximate surface area is 49.5 Å². The predicted octanol–water partition coefficient (Wildman–Crippen LogP) is 1.14. The number of cyclic esters (lactones) is 2. The zero-order chi connectivity index (χ0) is 6.91. The molecule has 9 heavy (non-hydrogen) atoms. The van der Waals surface area contributed by atoms with Crippen LogP contribution < -0.4 is 0 Å². The van der Waals surface area contributed by atoms with Gasteiger partial charge < -0.3 is 9.47 Å². The van der Waals surface area contributed by atoms with Gasteiger partial charge in [0, 0.05) is 0 Å². The van der Waals surface area contributed by atoms with Crippen molar-refractivity contribution in [3.8, 4) is 0 Å². The molecule has 0 aliphatic carbocycles. The van der Waals surface area contributed by atoms with Crippen LogP contribution in [0.2, 0.25) is 0 Å².